The van der Waals surface area contributed by atoms with E-state index < -0.39 is 11.9 Å². The number of carbonyl (C=O) groups is 2. The van der Waals surface area contributed by atoms with Crippen molar-refractivity contribution in [1.82, 2.24) is 5.01 Å². The third-order valence-electron chi connectivity index (χ3n) is 6.76. The quantitative estimate of drug-likeness (QED) is 0.111. The zero-order valence-electron chi connectivity index (χ0n) is 21.3. The summed E-state index contributed by atoms with van der Waals surface area (Å²) in [4.78, 5) is 29.1. The van der Waals surface area contributed by atoms with Gasteiger partial charge in [-0.25, -0.2) is 0 Å². The topological polar surface area (TPSA) is 92.0 Å². The Morgan fingerprint density at radius 2 is 1.92 bits per heavy atom. The first kappa shape index (κ1) is 27.0. The van der Waals surface area contributed by atoms with Crippen molar-refractivity contribution in [2.45, 2.75) is 37.5 Å². The molecule has 2 heterocycles. The largest absolute Gasteiger partial charge is 0.0590 e. The Labute approximate surface area is 238 Å². The second kappa shape index (κ2) is 12.0. The molecule has 198 valence electrons. The van der Waals surface area contributed by atoms with E-state index in [2.05, 4.69) is 4.97 Å². The molecule has 3 aromatic rings. The number of rotatable bonds is 8. The summed E-state index contributed by atoms with van der Waals surface area (Å²) in [6.07, 6.45) is 1.53. The second-order valence-corrected chi connectivity index (χ2v) is 11.7. The number of halogens is 1. The van der Waals surface area contributed by atoms with Crippen LogP contribution in [0.5, 0.6) is 11.5 Å². The number of esters is 1. The summed E-state index contributed by atoms with van der Waals surface area (Å²) < 4.78 is 11.4. The number of fused-ring (bicyclic) bond motifs is 1. The first-order chi connectivity index (χ1) is 18.9. The Balaban J connectivity index is 1.36. The van der Waals surface area contributed by atoms with Crippen LogP contribution in [0.1, 0.15) is 41.1 Å². The van der Waals surface area contributed by atoms with E-state index in [0.717, 1.165) is 39.7 Å². The third-order valence-corrected chi connectivity index (χ3v) is 8.31. The van der Waals surface area contributed by atoms with Crippen molar-refractivity contribution >= 4 is 44.1 Å². The van der Waals surface area contributed by atoms with Crippen LogP contribution in [0.3, 0.4) is 0 Å². The minimum Gasteiger partial charge on any atom is -0.0590 e. The molecule has 2 aliphatic rings. The fourth-order valence-corrected chi connectivity index (χ4v) is 5.53. The number of aryl methyl sites for hydroxylation is 1. The summed E-state index contributed by atoms with van der Waals surface area (Å²) in [5.74, 6) is -0.991. The van der Waals surface area contributed by atoms with Crippen LogP contribution in [0.15, 0.2) is 71.8 Å². The van der Waals surface area contributed by atoms with E-state index in [-0.39, 0.29) is 33.3 Å². The first-order valence-electron chi connectivity index (χ1n) is 12.6. The van der Waals surface area contributed by atoms with Gasteiger partial charge in [0.15, 0.2) is 0 Å². The van der Waals surface area contributed by atoms with E-state index in [0.29, 0.717) is 29.5 Å². The Morgan fingerprint density at radius 1 is 1.15 bits per heavy atom. The van der Waals surface area contributed by atoms with Crippen molar-refractivity contribution in [3.05, 3.63) is 94.0 Å². The molecule has 3 aromatic carbocycles. The van der Waals surface area contributed by atoms with Crippen molar-refractivity contribution in [1.29, 1.82) is 5.26 Å². The van der Waals surface area contributed by atoms with Crippen LogP contribution in [0.2, 0.25) is 10.3 Å². The molecule has 0 spiro atoms. The van der Waals surface area contributed by atoms with Crippen LogP contribution in [0, 0.1) is 23.1 Å². The standard InChI is InChI=1S/C30H26ClN3O4Se/c1-19-3-5-21(6-4-19)27-17-26(20-7-10-23(31)11-8-20)33-34(27)29(35)25-15-22-9-12-24(16-28(22)38-30(25)36)37-13-2-14-39-18-32/h3-12,16,25,27H,2,13-15,17H2,1H3. The molecule has 0 saturated carbocycles. The maximum Gasteiger partial charge on any atom is -0.0566 e. The van der Waals surface area contributed by atoms with E-state index in [4.69, 9.17) is 31.4 Å². The predicted octanol–water partition coefficient (Wildman–Crippen LogP) is 5.48. The fourth-order valence-electron chi connectivity index (χ4n) is 4.66. The van der Waals surface area contributed by atoms with Gasteiger partial charge in [0.1, 0.15) is 0 Å². The van der Waals surface area contributed by atoms with Gasteiger partial charge >= 0.3 is 127 Å². The zero-order chi connectivity index (χ0) is 27.4. The number of benzene rings is 3. The van der Waals surface area contributed by atoms with Gasteiger partial charge in [0.25, 0.3) is 0 Å². The Hall–Kier alpha value is -3.63. The van der Waals surface area contributed by atoms with Crippen LogP contribution in [-0.2, 0) is 16.0 Å². The monoisotopic (exact) mass is 607 g/mol. The van der Waals surface area contributed by atoms with E-state index in [1.165, 1.54) is 5.01 Å². The minimum atomic E-state index is -1.00. The Morgan fingerprint density at radius 3 is 2.67 bits per heavy atom. The van der Waals surface area contributed by atoms with Gasteiger partial charge in [0.05, 0.1) is 11.8 Å². The van der Waals surface area contributed by atoms with Gasteiger partial charge in [-0.2, -0.15) is 5.10 Å². The molecule has 9 heteroatoms. The average molecular weight is 607 g/mol. The number of carbonyl (C=O) groups excluding carboxylic acids is 2. The molecular formula is C30H26ClN3O4Se. The van der Waals surface area contributed by atoms with Gasteiger partial charge in [-0.15, -0.1) is 0 Å². The molecular weight excluding hydrogens is 581 g/mol. The number of amides is 1. The average Bonchev–Trinajstić information content (AvgIpc) is 3.38. The Bertz CT molecular complexity index is 1450. The molecule has 0 saturated heterocycles. The van der Waals surface area contributed by atoms with Crippen LogP contribution < -0.4 is 9.47 Å². The number of hydrogen-bond donors (Lipinski definition) is 0. The summed E-state index contributed by atoms with van der Waals surface area (Å²) >= 11 is 6.05. The zero-order valence-corrected chi connectivity index (χ0v) is 23.8. The van der Waals surface area contributed by atoms with Crippen molar-refractivity contribution in [3.8, 4) is 16.5 Å². The van der Waals surface area contributed by atoms with E-state index in [1.807, 2.05) is 55.5 Å². The van der Waals surface area contributed by atoms with Crippen molar-refractivity contribution in [2.75, 3.05) is 6.61 Å². The van der Waals surface area contributed by atoms with Crippen molar-refractivity contribution in [3.63, 3.8) is 0 Å². The van der Waals surface area contributed by atoms with Gasteiger partial charge in [0, 0.05) is 11.4 Å². The van der Waals surface area contributed by atoms with Gasteiger partial charge in [-0.05, 0) is 30.2 Å². The summed E-state index contributed by atoms with van der Waals surface area (Å²) in [6.45, 7) is 2.50. The molecule has 2 aliphatic heterocycles. The fraction of sp³-hybridized carbons (Fsp3) is 0.267. The minimum absolute atomic E-state index is 0.0241. The normalized spacial score (nSPS) is 18.1. The number of nitrogens with zero attached hydrogens (tertiary/aromatic N) is 3. The van der Waals surface area contributed by atoms with Crippen LogP contribution in [0.4, 0.5) is 0 Å². The Kier molecular flexibility index (Phi) is 8.32. The SMILES string of the molecule is Cc1ccc(C2CC(c3ccc(Cl)cc3)=NN2C(=O)C2Cc3ccc(OCCC[Se]C#N)cc3OC2=O)cc1. The van der Waals surface area contributed by atoms with Gasteiger partial charge in [0.2, 0.25) is 0 Å². The summed E-state index contributed by atoms with van der Waals surface area (Å²) in [6, 6.07) is 20.4. The number of ether oxygens (including phenoxy) is 2. The maximum absolute atomic E-state index is 13.8. The van der Waals surface area contributed by atoms with E-state index in [1.54, 1.807) is 18.2 Å². The van der Waals surface area contributed by atoms with Gasteiger partial charge < -0.3 is 0 Å². The first-order valence-corrected chi connectivity index (χ1v) is 15.1. The summed E-state index contributed by atoms with van der Waals surface area (Å²) in [5, 5.41) is 16.3. The third kappa shape index (κ3) is 6.17. The summed E-state index contributed by atoms with van der Waals surface area (Å²) in [5.41, 5.74) is 4.47. The molecule has 0 bridgehead atoms. The predicted molar refractivity (Wildman–Crippen MR) is 149 cm³/mol. The van der Waals surface area contributed by atoms with Crippen LogP contribution >= 0.6 is 11.6 Å². The smallest absolute Gasteiger partial charge is 0.0566 e. The van der Waals surface area contributed by atoms with Gasteiger partial charge in [-0.3, -0.25) is 0 Å². The number of nitriles is 1. The molecule has 1 amide bonds. The van der Waals surface area contributed by atoms with Crippen molar-refractivity contribution in [2.24, 2.45) is 11.0 Å². The second-order valence-electron chi connectivity index (χ2n) is 9.46. The molecule has 39 heavy (non-hydrogen) atoms. The number of hydrogen-bond acceptors (Lipinski definition) is 6. The van der Waals surface area contributed by atoms with E-state index >= 15 is 0 Å². The number of hydrazone groups is 1. The molecule has 7 nitrogen and oxygen atoms in total. The molecule has 5 rings (SSSR count). The van der Waals surface area contributed by atoms with E-state index in [9.17, 15) is 9.59 Å². The van der Waals surface area contributed by atoms with Gasteiger partial charge in [-0.1, -0.05) is 53.6 Å². The molecule has 0 aromatic heterocycles. The van der Waals surface area contributed by atoms with Crippen LogP contribution in [0.25, 0.3) is 0 Å². The molecule has 2 atom stereocenters. The maximum atomic E-state index is 13.8. The van der Waals surface area contributed by atoms with Crippen molar-refractivity contribution < 1.29 is 19.1 Å². The van der Waals surface area contributed by atoms with Crippen LogP contribution in [-0.4, -0.2) is 44.2 Å². The molecule has 0 radical (unpaired) electrons. The molecule has 0 N–H and O–H groups in total. The molecule has 2 unspecified atom stereocenters. The molecule has 0 aliphatic carbocycles. The molecule has 0 fully saturated rings. The summed E-state index contributed by atoms with van der Waals surface area (Å²) in [7, 11) is 0.